The van der Waals surface area contributed by atoms with E-state index in [1.165, 1.54) is 17.5 Å². The van der Waals surface area contributed by atoms with Crippen LogP contribution in [0.5, 0.6) is 0 Å². The zero-order valence-corrected chi connectivity index (χ0v) is 28.9. The minimum atomic E-state index is -0.953. The third kappa shape index (κ3) is 9.60. The van der Waals surface area contributed by atoms with Crippen molar-refractivity contribution >= 4 is 63.2 Å². The van der Waals surface area contributed by atoms with E-state index in [1.54, 1.807) is 26.8 Å². The Kier molecular flexibility index (Phi) is 11.6. The van der Waals surface area contributed by atoms with Gasteiger partial charge in [-0.1, -0.05) is 48.9 Å². The third-order valence-electron chi connectivity index (χ3n) is 7.18. The van der Waals surface area contributed by atoms with Crippen LogP contribution in [-0.4, -0.2) is 82.6 Å². The second-order valence-electron chi connectivity index (χ2n) is 12.5. The van der Waals surface area contributed by atoms with Crippen LogP contribution in [0.2, 0.25) is 5.02 Å². The summed E-state index contributed by atoms with van der Waals surface area (Å²) in [6.45, 7) is 16.3. The van der Waals surface area contributed by atoms with Gasteiger partial charge in [0, 0.05) is 38.8 Å². The zero-order valence-electron chi connectivity index (χ0n) is 27.3. The Hall–Kier alpha value is -3.81. The molecule has 2 N–H and O–H groups in total. The SMILES string of the molecule is Cc1nc(Nc2ncc(C(=O)Nc3c(C)cccc3Cl)s2)cc(N2CCN(CCOC(=O)[C@@H](C(=O)OC(C)(C)C)C(C)C)CC2)n1. The van der Waals surface area contributed by atoms with Gasteiger partial charge in [0.15, 0.2) is 11.0 Å². The van der Waals surface area contributed by atoms with Crippen molar-refractivity contribution in [3.8, 4) is 0 Å². The number of esters is 2. The predicted molar refractivity (Wildman–Crippen MR) is 180 cm³/mol. The Bertz CT molecular complexity index is 1530. The quantitative estimate of drug-likeness (QED) is 0.198. The minimum absolute atomic E-state index is 0.192. The Morgan fingerprint density at radius 1 is 1.07 bits per heavy atom. The number of ether oxygens (including phenoxy) is 2. The molecule has 1 amide bonds. The van der Waals surface area contributed by atoms with E-state index < -0.39 is 23.5 Å². The molecule has 14 heteroatoms. The van der Waals surface area contributed by atoms with Gasteiger partial charge in [0.2, 0.25) is 0 Å². The molecular formula is C32H42ClN7O5S. The molecule has 1 saturated heterocycles. The van der Waals surface area contributed by atoms with Crippen LogP contribution in [0.1, 0.15) is 55.7 Å². The van der Waals surface area contributed by atoms with E-state index in [-0.39, 0.29) is 18.4 Å². The van der Waals surface area contributed by atoms with Crippen LogP contribution in [0, 0.1) is 25.7 Å². The van der Waals surface area contributed by atoms with E-state index in [0.717, 1.165) is 37.6 Å². The number of rotatable bonds is 11. The van der Waals surface area contributed by atoms with E-state index in [2.05, 4.69) is 35.4 Å². The number of carbonyl (C=O) groups is 3. The topological polar surface area (TPSA) is 139 Å². The van der Waals surface area contributed by atoms with Crippen molar-refractivity contribution in [2.24, 2.45) is 11.8 Å². The minimum Gasteiger partial charge on any atom is -0.464 e. The number of thiazole rings is 1. The number of nitrogens with one attached hydrogen (secondary N) is 2. The summed E-state index contributed by atoms with van der Waals surface area (Å²) < 4.78 is 10.9. The summed E-state index contributed by atoms with van der Waals surface area (Å²) in [5.74, 6) is -0.637. The lowest BCUT2D eigenvalue weighted by molar-refractivity contribution is -0.171. The van der Waals surface area contributed by atoms with Gasteiger partial charge in [-0.3, -0.25) is 19.3 Å². The van der Waals surface area contributed by atoms with Crippen LogP contribution in [0.15, 0.2) is 30.5 Å². The van der Waals surface area contributed by atoms with Crippen molar-refractivity contribution in [3.05, 3.63) is 51.7 Å². The third-order valence-corrected chi connectivity index (χ3v) is 8.41. The molecule has 248 valence electrons. The second kappa shape index (κ2) is 15.2. The summed E-state index contributed by atoms with van der Waals surface area (Å²) in [5.41, 5.74) is 0.767. The van der Waals surface area contributed by atoms with Gasteiger partial charge < -0.3 is 25.0 Å². The summed E-state index contributed by atoms with van der Waals surface area (Å²) in [7, 11) is 0. The molecule has 1 atom stereocenters. The number of benzene rings is 1. The normalized spacial score (nSPS) is 14.6. The first kappa shape index (κ1) is 35.1. The lowest BCUT2D eigenvalue weighted by Gasteiger charge is -2.35. The van der Waals surface area contributed by atoms with E-state index in [0.29, 0.717) is 38.9 Å². The first-order chi connectivity index (χ1) is 21.7. The number of halogens is 1. The van der Waals surface area contributed by atoms with Crippen molar-refractivity contribution in [2.45, 2.75) is 54.1 Å². The Morgan fingerprint density at radius 2 is 1.78 bits per heavy atom. The monoisotopic (exact) mass is 671 g/mol. The Morgan fingerprint density at radius 3 is 2.43 bits per heavy atom. The van der Waals surface area contributed by atoms with Gasteiger partial charge in [-0.15, -0.1) is 0 Å². The summed E-state index contributed by atoms with van der Waals surface area (Å²) >= 11 is 7.47. The molecule has 12 nitrogen and oxygen atoms in total. The zero-order chi connectivity index (χ0) is 33.6. The van der Waals surface area contributed by atoms with Gasteiger partial charge in [-0.2, -0.15) is 0 Å². The van der Waals surface area contributed by atoms with Crippen molar-refractivity contribution in [1.82, 2.24) is 19.9 Å². The lowest BCUT2D eigenvalue weighted by Crippen LogP contribution is -2.48. The van der Waals surface area contributed by atoms with Crippen LogP contribution in [-0.2, 0) is 19.1 Å². The van der Waals surface area contributed by atoms with Crippen LogP contribution < -0.4 is 15.5 Å². The van der Waals surface area contributed by atoms with Gasteiger partial charge >= 0.3 is 11.9 Å². The van der Waals surface area contributed by atoms with E-state index in [9.17, 15) is 14.4 Å². The summed E-state index contributed by atoms with van der Waals surface area (Å²) in [5, 5.41) is 7.07. The molecule has 1 aliphatic rings. The lowest BCUT2D eigenvalue weighted by atomic mass is 9.96. The highest BCUT2D eigenvalue weighted by Crippen LogP contribution is 2.28. The van der Waals surface area contributed by atoms with Crippen LogP contribution in [0.4, 0.5) is 22.5 Å². The van der Waals surface area contributed by atoms with Crippen molar-refractivity contribution in [3.63, 3.8) is 0 Å². The number of hydrogen-bond donors (Lipinski definition) is 2. The first-order valence-electron chi connectivity index (χ1n) is 15.2. The summed E-state index contributed by atoms with van der Waals surface area (Å²) in [6.07, 6.45) is 1.51. The Balaban J connectivity index is 1.28. The van der Waals surface area contributed by atoms with E-state index >= 15 is 0 Å². The fraction of sp³-hybridized carbons (Fsp3) is 0.500. The number of hydrogen-bond acceptors (Lipinski definition) is 12. The number of carbonyl (C=O) groups excluding carboxylic acids is 3. The number of para-hydroxylation sites is 1. The molecule has 0 radical (unpaired) electrons. The predicted octanol–water partition coefficient (Wildman–Crippen LogP) is 5.48. The fourth-order valence-corrected chi connectivity index (χ4v) is 5.85. The van der Waals surface area contributed by atoms with Gasteiger partial charge in [0.1, 0.15) is 34.5 Å². The number of anilines is 4. The maximum Gasteiger partial charge on any atom is 0.321 e. The van der Waals surface area contributed by atoms with Crippen molar-refractivity contribution < 1.29 is 23.9 Å². The van der Waals surface area contributed by atoms with E-state index in [1.807, 2.05) is 45.9 Å². The number of nitrogens with zero attached hydrogens (tertiary/aromatic N) is 5. The number of aromatic nitrogens is 3. The molecule has 3 heterocycles. The summed E-state index contributed by atoms with van der Waals surface area (Å²) in [6, 6.07) is 7.31. The maximum absolute atomic E-state index is 12.8. The first-order valence-corrected chi connectivity index (χ1v) is 16.4. The summed E-state index contributed by atoms with van der Waals surface area (Å²) in [4.78, 5) is 56.4. The van der Waals surface area contributed by atoms with Crippen LogP contribution in [0.3, 0.4) is 0 Å². The number of piperazine rings is 1. The highest BCUT2D eigenvalue weighted by atomic mass is 35.5. The van der Waals surface area contributed by atoms with Gasteiger partial charge in [-0.05, 0) is 52.2 Å². The molecule has 0 bridgehead atoms. The standard InChI is InChI=1S/C32H42ClN7O5S/c1-19(2)26(30(43)45-32(5,6)7)29(42)44-16-15-39-11-13-40(14-12-39)25-17-24(35-21(4)36-25)37-31-34-18-23(46-31)28(41)38-27-20(3)9-8-10-22(27)33/h8-10,17-19,26H,11-16H2,1-7H3,(H,38,41)(H,34,35,36,37)/t26-/m0/s1. The fourth-order valence-electron chi connectivity index (χ4n) is 4.86. The van der Waals surface area contributed by atoms with Gasteiger partial charge in [0.25, 0.3) is 5.91 Å². The highest BCUT2D eigenvalue weighted by molar-refractivity contribution is 7.17. The van der Waals surface area contributed by atoms with Crippen molar-refractivity contribution in [1.29, 1.82) is 0 Å². The molecule has 0 saturated carbocycles. The molecule has 1 aromatic carbocycles. The molecule has 46 heavy (non-hydrogen) atoms. The largest absolute Gasteiger partial charge is 0.464 e. The number of aryl methyl sites for hydroxylation is 2. The Labute approximate surface area is 278 Å². The molecule has 2 aromatic heterocycles. The molecule has 4 rings (SSSR count). The van der Waals surface area contributed by atoms with E-state index in [4.69, 9.17) is 21.1 Å². The molecule has 1 fully saturated rings. The molecule has 0 aliphatic carbocycles. The second-order valence-corrected chi connectivity index (χ2v) is 13.9. The maximum atomic E-state index is 12.8. The molecule has 3 aromatic rings. The van der Waals surface area contributed by atoms with Gasteiger partial charge in [-0.25, -0.2) is 15.0 Å². The number of amides is 1. The molecule has 0 spiro atoms. The van der Waals surface area contributed by atoms with Gasteiger partial charge in [0.05, 0.1) is 16.9 Å². The molecule has 1 aliphatic heterocycles. The average molecular weight is 672 g/mol. The van der Waals surface area contributed by atoms with Crippen LogP contribution >= 0.6 is 22.9 Å². The van der Waals surface area contributed by atoms with Crippen LogP contribution in [0.25, 0.3) is 0 Å². The highest BCUT2D eigenvalue weighted by Gasteiger charge is 2.35. The smallest absolute Gasteiger partial charge is 0.321 e. The molecule has 0 unspecified atom stereocenters. The molecular weight excluding hydrogens is 630 g/mol. The van der Waals surface area contributed by atoms with Crippen molar-refractivity contribution in [2.75, 3.05) is 54.9 Å². The average Bonchev–Trinajstić information content (AvgIpc) is 3.42.